The second-order valence-electron chi connectivity index (χ2n) is 8.32. The van der Waals surface area contributed by atoms with Gasteiger partial charge in [0.1, 0.15) is 17.2 Å². The summed E-state index contributed by atoms with van der Waals surface area (Å²) in [4.78, 5) is 30.8. The first-order valence-electron chi connectivity index (χ1n) is 9.79. The maximum Gasteiger partial charge on any atom is 0.407 e. The van der Waals surface area contributed by atoms with Gasteiger partial charge in [-0.25, -0.2) is 9.78 Å². The molecule has 1 fully saturated rings. The Bertz CT molecular complexity index is 974. The number of ether oxygens (including phenoxy) is 2. The van der Waals surface area contributed by atoms with Crippen LogP contribution in [0.2, 0.25) is 0 Å². The lowest BCUT2D eigenvalue weighted by atomic mass is 10.0. The topological polar surface area (TPSA) is 107 Å². The Labute approximate surface area is 189 Å². The number of carbonyl (C=O) groups excluding carboxylic acids is 2. The Hall–Kier alpha value is -2.30. The Morgan fingerprint density at radius 1 is 1.30 bits per heavy atom. The van der Waals surface area contributed by atoms with E-state index in [2.05, 4.69) is 37.8 Å². The minimum Gasteiger partial charge on any atom is -0.496 e. The van der Waals surface area contributed by atoms with Crippen molar-refractivity contribution >= 4 is 51.2 Å². The molecule has 30 heavy (non-hydrogen) atoms. The molecule has 9 heteroatoms. The summed E-state index contributed by atoms with van der Waals surface area (Å²) in [5.74, 6) is 0.665. The SMILES string of the molecule is COc1cc2c(N3CCC[C@H](NC(=O)OC(C)(C)C)C3)ncc(I)c2cc1C(N)=O. The van der Waals surface area contributed by atoms with Gasteiger partial charge in [0, 0.05) is 39.7 Å². The number of methoxy groups -OCH3 is 1. The standard InChI is InChI=1S/C21H27IN4O4/c1-21(2,3)30-20(28)25-12-6-5-7-26(11-12)19-14-9-17(29-4)15(18(23)27)8-13(14)16(22)10-24-19/h8-10,12H,5-7,11H2,1-4H3,(H2,23,27)(H,25,28)/t12-/m0/s1. The van der Waals surface area contributed by atoms with Gasteiger partial charge in [-0.15, -0.1) is 0 Å². The van der Waals surface area contributed by atoms with Gasteiger partial charge in [-0.1, -0.05) is 0 Å². The number of rotatable bonds is 4. The van der Waals surface area contributed by atoms with Gasteiger partial charge in [0.05, 0.1) is 12.7 Å². The van der Waals surface area contributed by atoms with Crippen LogP contribution in [0.5, 0.6) is 5.75 Å². The van der Waals surface area contributed by atoms with E-state index in [0.29, 0.717) is 17.9 Å². The van der Waals surface area contributed by atoms with Crippen molar-refractivity contribution in [3.8, 4) is 5.75 Å². The predicted octanol–water partition coefficient (Wildman–Crippen LogP) is 3.44. The highest BCUT2D eigenvalue weighted by atomic mass is 127. The molecule has 0 bridgehead atoms. The number of nitrogens with one attached hydrogen (secondary N) is 1. The molecule has 0 spiro atoms. The molecule has 8 nitrogen and oxygen atoms in total. The van der Waals surface area contributed by atoms with Crippen LogP contribution in [0.15, 0.2) is 18.3 Å². The van der Waals surface area contributed by atoms with E-state index in [1.54, 1.807) is 12.3 Å². The number of piperidine rings is 1. The predicted molar refractivity (Wildman–Crippen MR) is 124 cm³/mol. The van der Waals surface area contributed by atoms with E-state index in [4.69, 9.17) is 15.2 Å². The Balaban J connectivity index is 1.91. The van der Waals surface area contributed by atoms with E-state index in [1.807, 2.05) is 26.8 Å². The molecule has 0 unspecified atom stereocenters. The summed E-state index contributed by atoms with van der Waals surface area (Å²) >= 11 is 2.19. The smallest absolute Gasteiger partial charge is 0.407 e. The highest BCUT2D eigenvalue weighted by Crippen LogP contribution is 2.34. The van der Waals surface area contributed by atoms with Gasteiger partial charge in [0.25, 0.3) is 5.91 Å². The number of carbonyl (C=O) groups is 2. The third kappa shape index (κ3) is 5.05. The molecular weight excluding hydrogens is 499 g/mol. The normalized spacial score (nSPS) is 17.0. The number of pyridine rings is 1. The van der Waals surface area contributed by atoms with Crippen molar-refractivity contribution in [2.24, 2.45) is 5.73 Å². The van der Waals surface area contributed by atoms with Crippen LogP contribution in [0.4, 0.5) is 10.6 Å². The van der Waals surface area contributed by atoms with Gasteiger partial charge in [0.2, 0.25) is 0 Å². The number of hydrogen-bond donors (Lipinski definition) is 2. The lowest BCUT2D eigenvalue weighted by molar-refractivity contribution is 0.0499. The summed E-state index contributed by atoms with van der Waals surface area (Å²) in [6.07, 6.45) is 3.14. The highest BCUT2D eigenvalue weighted by molar-refractivity contribution is 14.1. The fourth-order valence-corrected chi connectivity index (χ4v) is 4.18. The molecular formula is C21H27IN4O4. The quantitative estimate of drug-likeness (QED) is 0.592. The van der Waals surface area contributed by atoms with Crippen molar-refractivity contribution in [3.05, 3.63) is 27.5 Å². The van der Waals surface area contributed by atoms with E-state index >= 15 is 0 Å². The summed E-state index contributed by atoms with van der Waals surface area (Å²) in [6.45, 7) is 6.95. The molecule has 0 radical (unpaired) electrons. The monoisotopic (exact) mass is 526 g/mol. The van der Waals surface area contributed by atoms with Gasteiger partial charge in [0.15, 0.2) is 0 Å². The number of amides is 2. The Morgan fingerprint density at radius 2 is 2.03 bits per heavy atom. The zero-order valence-electron chi connectivity index (χ0n) is 17.6. The molecule has 2 amide bonds. The summed E-state index contributed by atoms with van der Waals surface area (Å²) < 4.78 is 11.7. The number of halogens is 1. The van der Waals surface area contributed by atoms with Crippen molar-refractivity contribution < 1.29 is 19.1 Å². The van der Waals surface area contributed by atoms with Crippen LogP contribution in [0, 0.1) is 3.57 Å². The molecule has 2 heterocycles. The molecule has 1 aromatic heterocycles. The molecule has 2 aromatic rings. The maximum atomic E-state index is 12.2. The van der Waals surface area contributed by atoms with Crippen molar-refractivity contribution in [1.82, 2.24) is 10.3 Å². The summed E-state index contributed by atoms with van der Waals surface area (Å²) in [5, 5.41) is 4.73. The van der Waals surface area contributed by atoms with Crippen LogP contribution in [0.3, 0.4) is 0 Å². The van der Waals surface area contributed by atoms with Crippen LogP contribution in [0.25, 0.3) is 10.8 Å². The van der Waals surface area contributed by atoms with Crippen molar-refractivity contribution in [2.45, 2.75) is 45.3 Å². The van der Waals surface area contributed by atoms with Crippen LogP contribution in [0.1, 0.15) is 44.0 Å². The van der Waals surface area contributed by atoms with Gasteiger partial charge in [-0.2, -0.15) is 0 Å². The molecule has 0 saturated carbocycles. The fraction of sp³-hybridized carbons (Fsp3) is 0.476. The molecule has 0 aliphatic carbocycles. The number of anilines is 1. The second-order valence-corrected chi connectivity index (χ2v) is 9.49. The number of aromatic nitrogens is 1. The molecule has 3 N–H and O–H groups in total. The lowest BCUT2D eigenvalue weighted by Gasteiger charge is -2.35. The average Bonchev–Trinajstić information content (AvgIpc) is 2.66. The zero-order valence-corrected chi connectivity index (χ0v) is 19.8. The van der Waals surface area contributed by atoms with Gasteiger partial charge >= 0.3 is 6.09 Å². The summed E-state index contributed by atoms with van der Waals surface area (Å²) in [5.41, 5.74) is 5.32. The number of primary amides is 1. The number of alkyl carbamates (subject to hydrolysis) is 1. The van der Waals surface area contributed by atoms with E-state index in [9.17, 15) is 9.59 Å². The van der Waals surface area contributed by atoms with Gasteiger partial charge in [-0.05, 0) is 68.3 Å². The molecule has 162 valence electrons. The Morgan fingerprint density at radius 3 is 2.67 bits per heavy atom. The molecule has 1 atom stereocenters. The summed E-state index contributed by atoms with van der Waals surface area (Å²) in [6, 6.07) is 3.52. The van der Waals surface area contributed by atoms with Crippen LogP contribution in [-0.2, 0) is 4.74 Å². The van der Waals surface area contributed by atoms with Crippen LogP contribution >= 0.6 is 22.6 Å². The van der Waals surface area contributed by atoms with Crippen molar-refractivity contribution in [1.29, 1.82) is 0 Å². The number of hydrogen-bond acceptors (Lipinski definition) is 6. The number of nitrogens with two attached hydrogens (primary N) is 1. The van der Waals surface area contributed by atoms with Gasteiger partial charge in [-0.3, -0.25) is 4.79 Å². The number of nitrogens with zero attached hydrogens (tertiary/aromatic N) is 2. The third-order valence-electron chi connectivity index (χ3n) is 4.85. The van der Waals surface area contributed by atoms with E-state index in [-0.39, 0.29) is 6.04 Å². The van der Waals surface area contributed by atoms with Gasteiger partial charge < -0.3 is 25.4 Å². The number of fused-ring (bicyclic) bond motifs is 1. The van der Waals surface area contributed by atoms with Crippen LogP contribution < -0.4 is 20.7 Å². The Kier molecular flexibility index (Phi) is 6.59. The van der Waals surface area contributed by atoms with E-state index < -0.39 is 17.6 Å². The second kappa shape index (κ2) is 8.83. The minimum atomic E-state index is -0.541. The molecule has 1 aromatic carbocycles. The first-order chi connectivity index (χ1) is 14.1. The van der Waals surface area contributed by atoms with E-state index in [0.717, 1.165) is 39.5 Å². The first kappa shape index (κ1) is 22.4. The zero-order chi connectivity index (χ0) is 22.1. The third-order valence-corrected chi connectivity index (χ3v) is 5.70. The maximum absolute atomic E-state index is 12.2. The lowest BCUT2D eigenvalue weighted by Crippen LogP contribution is -2.49. The van der Waals surface area contributed by atoms with Crippen LogP contribution in [-0.4, -0.2) is 48.8 Å². The average molecular weight is 526 g/mol. The van der Waals surface area contributed by atoms with Crippen molar-refractivity contribution in [3.63, 3.8) is 0 Å². The summed E-state index contributed by atoms with van der Waals surface area (Å²) in [7, 11) is 1.51. The highest BCUT2D eigenvalue weighted by Gasteiger charge is 2.26. The molecule has 1 saturated heterocycles. The fourth-order valence-electron chi connectivity index (χ4n) is 3.59. The molecule has 1 aliphatic rings. The number of benzene rings is 1. The molecule has 1 aliphatic heterocycles. The minimum absolute atomic E-state index is 0.0449. The molecule has 3 rings (SSSR count). The van der Waals surface area contributed by atoms with Crippen molar-refractivity contribution in [2.75, 3.05) is 25.1 Å². The largest absolute Gasteiger partial charge is 0.496 e. The van der Waals surface area contributed by atoms with E-state index in [1.165, 1.54) is 7.11 Å². The first-order valence-corrected chi connectivity index (χ1v) is 10.9.